The molecule has 7 nitrogen and oxygen atoms in total. The number of hydrogen-bond donors (Lipinski definition) is 0. The van der Waals surface area contributed by atoms with E-state index >= 15 is 0 Å². The number of carbonyl (C=O) groups is 3. The minimum Gasteiger partial charge on any atom is -0.466 e. The average molecular weight is 396 g/mol. The van der Waals surface area contributed by atoms with Gasteiger partial charge in [0, 0.05) is 17.2 Å². The number of unbranched alkanes of at least 4 members (excludes halogenated alkanes) is 1. The van der Waals surface area contributed by atoms with E-state index in [1.807, 2.05) is 6.92 Å². The van der Waals surface area contributed by atoms with Crippen molar-refractivity contribution >= 4 is 17.9 Å². The normalized spacial score (nSPS) is 17.2. The summed E-state index contributed by atoms with van der Waals surface area (Å²) in [7, 11) is 1.33. The van der Waals surface area contributed by atoms with Crippen LogP contribution in [0, 0.1) is 0 Å². The second-order valence-corrected chi connectivity index (χ2v) is 6.55. The third-order valence-corrected chi connectivity index (χ3v) is 3.75. The minimum absolute atomic E-state index is 0.167. The van der Waals surface area contributed by atoms with Crippen molar-refractivity contribution in [2.24, 2.45) is 0 Å². The molecule has 0 spiro atoms. The molecule has 1 unspecified atom stereocenters. The van der Waals surface area contributed by atoms with Gasteiger partial charge < -0.3 is 18.9 Å². The number of esters is 3. The van der Waals surface area contributed by atoms with E-state index in [4.69, 9.17) is 9.47 Å². The molecule has 0 N–H and O–H groups in total. The third kappa shape index (κ3) is 10.7. The van der Waals surface area contributed by atoms with Gasteiger partial charge in [-0.3, -0.25) is 0 Å². The number of carbonyl (C=O) groups excluding carboxylic acids is 3. The molecule has 0 aromatic carbocycles. The molecule has 1 aliphatic heterocycles. The van der Waals surface area contributed by atoms with Crippen LogP contribution >= 0.6 is 0 Å². The number of rotatable bonds is 8. The van der Waals surface area contributed by atoms with Gasteiger partial charge in [0.1, 0.15) is 11.7 Å². The van der Waals surface area contributed by atoms with Crippen molar-refractivity contribution in [1.82, 2.24) is 0 Å². The smallest absolute Gasteiger partial charge is 0.333 e. The molecular weight excluding hydrogens is 364 g/mol. The zero-order valence-corrected chi connectivity index (χ0v) is 17.4. The van der Waals surface area contributed by atoms with Crippen LogP contribution in [0.15, 0.2) is 37.0 Å². The van der Waals surface area contributed by atoms with E-state index in [0.29, 0.717) is 17.8 Å². The molecule has 7 heteroatoms. The van der Waals surface area contributed by atoms with Crippen molar-refractivity contribution in [3.8, 4) is 0 Å². The summed E-state index contributed by atoms with van der Waals surface area (Å²) < 4.78 is 19.3. The summed E-state index contributed by atoms with van der Waals surface area (Å²) in [5.74, 6) is -0.966. The van der Waals surface area contributed by atoms with Gasteiger partial charge in [-0.05, 0) is 33.1 Å². The lowest BCUT2D eigenvalue weighted by molar-refractivity contribution is -0.147. The summed E-state index contributed by atoms with van der Waals surface area (Å²) in [6.07, 6.45) is 5.20. The summed E-state index contributed by atoms with van der Waals surface area (Å²) in [4.78, 5) is 31.7. The Balaban J connectivity index is 0.000000410. The predicted octanol–water partition coefficient (Wildman–Crippen LogP) is 3.29. The predicted molar refractivity (Wildman–Crippen MR) is 106 cm³/mol. The van der Waals surface area contributed by atoms with E-state index in [9.17, 15) is 14.4 Å². The molecule has 0 aromatic rings. The van der Waals surface area contributed by atoms with E-state index in [1.165, 1.54) is 13.2 Å². The van der Waals surface area contributed by atoms with E-state index in [-0.39, 0.29) is 29.6 Å². The lowest BCUT2D eigenvalue weighted by atomic mass is 10.2. The highest BCUT2D eigenvalue weighted by Crippen LogP contribution is 2.48. The summed E-state index contributed by atoms with van der Waals surface area (Å²) >= 11 is 0. The Kier molecular flexibility index (Phi) is 11.8. The fourth-order valence-electron chi connectivity index (χ4n) is 1.79. The van der Waals surface area contributed by atoms with Gasteiger partial charge in [-0.2, -0.15) is 0 Å². The van der Waals surface area contributed by atoms with Gasteiger partial charge in [-0.1, -0.05) is 33.1 Å². The first-order valence-electron chi connectivity index (χ1n) is 9.17. The quantitative estimate of drug-likeness (QED) is 0.204. The molecule has 158 valence electrons. The van der Waals surface area contributed by atoms with Gasteiger partial charge in [0.15, 0.2) is 0 Å². The lowest BCUT2D eigenvalue weighted by Crippen LogP contribution is -2.25. The molecule has 2 fully saturated rings. The highest BCUT2D eigenvalue weighted by atomic mass is 16.6. The molecule has 1 saturated carbocycles. The van der Waals surface area contributed by atoms with Gasteiger partial charge in [0.2, 0.25) is 0 Å². The summed E-state index contributed by atoms with van der Waals surface area (Å²) in [5.41, 5.74) is 0.625. The van der Waals surface area contributed by atoms with Crippen LogP contribution in [-0.4, -0.2) is 49.9 Å². The molecule has 0 aromatic heterocycles. The van der Waals surface area contributed by atoms with Crippen LogP contribution in [0.4, 0.5) is 0 Å². The Morgan fingerprint density at radius 3 is 1.96 bits per heavy atom. The topological polar surface area (TPSA) is 91.4 Å². The Morgan fingerprint density at radius 1 is 1.14 bits per heavy atom. The second kappa shape index (κ2) is 12.9. The first kappa shape index (κ1) is 25.6. The fourth-order valence-corrected chi connectivity index (χ4v) is 1.79. The van der Waals surface area contributed by atoms with Crippen LogP contribution in [0.25, 0.3) is 0 Å². The van der Waals surface area contributed by atoms with Gasteiger partial charge in [0.05, 0.1) is 20.3 Å². The van der Waals surface area contributed by atoms with Crippen molar-refractivity contribution in [2.45, 2.75) is 58.2 Å². The van der Waals surface area contributed by atoms with E-state index < -0.39 is 0 Å². The van der Waals surface area contributed by atoms with Crippen molar-refractivity contribution in [3.05, 3.63) is 37.0 Å². The lowest BCUT2D eigenvalue weighted by Gasteiger charge is -2.13. The third-order valence-electron chi connectivity index (χ3n) is 3.75. The van der Waals surface area contributed by atoms with Crippen molar-refractivity contribution in [2.75, 3.05) is 20.3 Å². The van der Waals surface area contributed by atoms with E-state index in [0.717, 1.165) is 32.3 Å². The molecule has 28 heavy (non-hydrogen) atoms. The summed E-state index contributed by atoms with van der Waals surface area (Å²) in [6.45, 7) is 16.7. The van der Waals surface area contributed by atoms with E-state index in [2.05, 4.69) is 29.2 Å². The molecule has 2 rings (SSSR count). The molecule has 0 bridgehead atoms. The average Bonchev–Trinajstić information content (AvgIpc) is 3.55. The minimum atomic E-state index is -0.347. The standard InChI is InChI=1S/C9H12O3.C7H12O2.C5H8O2/c1-6(2)8(10)12-9(3-4-9)7-5-11-7;1-3-5-6-9-7(8)4-2;1-4(2)5(6)7-3/h7H,1,3-5H2,2H3;4H,2-3,5-6H2,1H3;1H2,2-3H3. The van der Waals surface area contributed by atoms with Gasteiger partial charge in [-0.25, -0.2) is 14.4 Å². The van der Waals surface area contributed by atoms with Crippen molar-refractivity contribution in [1.29, 1.82) is 0 Å². The Morgan fingerprint density at radius 2 is 1.68 bits per heavy atom. The Labute approximate surface area is 167 Å². The number of methoxy groups -OCH3 is 1. The highest BCUT2D eigenvalue weighted by Gasteiger charge is 2.59. The second-order valence-electron chi connectivity index (χ2n) is 6.55. The maximum Gasteiger partial charge on any atom is 0.333 e. The molecule has 0 amide bonds. The summed E-state index contributed by atoms with van der Waals surface area (Å²) in [5, 5.41) is 0. The van der Waals surface area contributed by atoms with E-state index in [1.54, 1.807) is 13.8 Å². The van der Waals surface area contributed by atoms with Crippen LogP contribution in [0.3, 0.4) is 0 Å². The van der Waals surface area contributed by atoms with Crippen LogP contribution in [0.2, 0.25) is 0 Å². The van der Waals surface area contributed by atoms with Crippen LogP contribution < -0.4 is 0 Å². The molecule has 0 radical (unpaired) electrons. The monoisotopic (exact) mass is 396 g/mol. The molecule has 1 aliphatic carbocycles. The molecular formula is C21H32O7. The molecule has 1 heterocycles. The van der Waals surface area contributed by atoms with Crippen LogP contribution in [0.1, 0.15) is 46.5 Å². The zero-order valence-electron chi connectivity index (χ0n) is 17.4. The van der Waals surface area contributed by atoms with Crippen LogP contribution in [0.5, 0.6) is 0 Å². The van der Waals surface area contributed by atoms with Crippen LogP contribution in [-0.2, 0) is 33.3 Å². The van der Waals surface area contributed by atoms with Gasteiger partial charge in [0.25, 0.3) is 0 Å². The van der Waals surface area contributed by atoms with Crippen molar-refractivity contribution < 1.29 is 33.3 Å². The van der Waals surface area contributed by atoms with Gasteiger partial charge in [-0.15, -0.1) is 0 Å². The largest absolute Gasteiger partial charge is 0.466 e. The maximum absolute atomic E-state index is 11.2. The first-order valence-corrected chi connectivity index (χ1v) is 9.17. The Bertz CT molecular complexity index is 584. The first-order chi connectivity index (χ1) is 13.1. The molecule has 2 aliphatic rings. The number of hydrogen-bond acceptors (Lipinski definition) is 7. The molecule has 1 atom stereocenters. The zero-order chi connectivity index (χ0) is 21.7. The summed E-state index contributed by atoms with van der Waals surface area (Å²) in [6, 6.07) is 0. The highest BCUT2D eigenvalue weighted by molar-refractivity contribution is 5.87. The fraction of sp³-hybridized carbons (Fsp3) is 0.571. The SMILES string of the molecule is C=C(C)C(=O)OC.C=C(C)C(=O)OC1(C2CO2)CC1.C=CC(=O)OCCCC. The maximum atomic E-state index is 11.2. The van der Waals surface area contributed by atoms with Gasteiger partial charge >= 0.3 is 17.9 Å². The number of ether oxygens (including phenoxy) is 4. The van der Waals surface area contributed by atoms with Crippen molar-refractivity contribution in [3.63, 3.8) is 0 Å². The number of epoxide rings is 1. The Hall–Kier alpha value is -2.41. The molecule has 1 saturated heterocycles.